The van der Waals surface area contributed by atoms with Crippen molar-refractivity contribution in [3.05, 3.63) is 34.7 Å². The van der Waals surface area contributed by atoms with Gasteiger partial charge in [0.1, 0.15) is 5.82 Å². The van der Waals surface area contributed by atoms with Gasteiger partial charge < -0.3 is 10.6 Å². The van der Waals surface area contributed by atoms with Crippen molar-refractivity contribution in [1.29, 1.82) is 0 Å². The highest BCUT2D eigenvalue weighted by Crippen LogP contribution is 2.22. The first-order chi connectivity index (χ1) is 12.0. The zero-order chi connectivity index (χ0) is 17.8. The van der Waals surface area contributed by atoms with Crippen molar-refractivity contribution in [2.24, 2.45) is 0 Å². The van der Waals surface area contributed by atoms with Crippen LogP contribution in [0.3, 0.4) is 0 Å². The first-order valence-electron chi connectivity index (χ1n) is 8.89. The summed E-state index contributed by atoms with van der Waals surface area (Å²) in [5.41, 5.74) is 4.48. The Hall–Kier alpha value is -2.28. The average molecular weight is 342 g/mol. The van der Waals surface area contributed by atoms with Crippen LogP contribution in [0.1, 0.15) is 53.8 Å². The lowest BCUT2D eigenvalue weighted by Crippen LogP contribution is -2.29. The highest BCUT2D eigenvalue weighted by atomic mass is 16.1. The first-order valence-corrected chi connectivity index (χ1v) is 8.89. The van der Waals surface area contributed by atoms with E-state index in [9.17, 15) is 4.79 Å². The van der Waals surface area contributed by atoms with Gasteiger partial charge in [-0.2, -0.15) is 5.10 Å². The van der Waals surface area contributed by atoms with Crippen molar-refractivity contribution in [3.8, 4) is 0 Å². The molecule has 0 aliphatic carbocycles. The summed E-state index contributed by atoms with van der Waals surface area (Å²) in [6.07, 6.45) is 3.33. The van der Waals surface area contributed by atoms with Crippen molar-refractivity contribution in [2.45, 2.75) is 52.4 Å². The van der Waals surface area contributed by atoms with Crippen LogP contribution in [0, 0.1) is 20.8 Å². The quantitative estimate of drug-likeness (QED) is 0.774. The minimum absolute atomic E-state index is 0.0234. The molecule has 1 saturated heterocycles. The second-order valence-corrected chi connectivity index (χ2v) is 6.73. The Bertz CT molecular complexity index is 729. The van der Waals surface area contributed by atoms with Crippen LogP contribution >= 0.6 is 0 Å². The number of carbonyl (C=O) groups excluding carboxylic acids is 1. The topological polar surface area (TPSA) is 95.6 Å². The molecule has 1 amide bonds. The lowest BCUT2D eigenvalue weighted by Gasteiger charge is -2.22. The molecule has 7 heteroatoms. The van der Waals surface area contributed by atoms with E-state index in [4.69, 9.17) is 0 Å². The van der Waals surface area contributed by atoms with E-state index in [1.807, 2.05) is 20.8 Å². The maximum Gasteiger partial charge on any atom is 0.224 e. The molecule has 1 atom stereocenters. The lowest BCUT2D eigenvalue weighted by molar-refractivity contribution is -0.116. The number of piperidine rings is 1. The molecule has 0 saturated carbocycles. The third-order valence-electron chi connectivity index (χ3n) is 4.63. The number of rotatable bonds is 5. The highest BCUT2D eigenvalue weighted by molar-refractivity contribution is 5.91. The molecule has 0 bridgehead atoms. The summed E-state index contributed by atoms with van der Waals surface area (Å²) in [5.74, 6) is 1.20. The van der Waals surface area contributed by atoms with E-state index in [1.165, 1.54) is 6.42 Å². The van der Waals surface area contributed by atoms with E-state index in [2.05, 4.69) is 36.9 Å². The molecule has 0 aromatic carbocycles. The predicted octanol–water partition coefficient (Wildman–Crippen LogP) is 2.16. The van der Waals surface area contributed by atoms with Crippen molar-refractivity contribution < 1.29 is 4.79 Å². The van der Waals surface area contributed by atoms with Gasteiger partial charge in [0.15, 0.2) is 0 Å². The van der Waals surface area contributed by atoms with Gasteiger partial charge in [-0.05, 0) is 52.6 Å². The standard InChI is InChI=1S/C18H26N6O/c1-11-18(12(2)24-23-11)22-17(25)7-6-15-9-16(21-13(3)20-15)14-5-4-8-19-10-14/h9,14,19H,4-8,10H2,1-3H3,(H,22,25)(H,23,24)/t14-/m0/s1. The van der Waals surface area contributed by atoms with Crippen LogP contribution < -0.4 is 10.6 Å². The van der Waals surface area contributed by atoms with Gasteiger partial charge in [-0.25, -0.2) is 9.97 Å². The second-order valence-electron chi connectivity index (χ2n) is 6.73. The molecule has 1 aliphatic rings. The smallest absolute Gasteiger partial charge is 0.224 e. The van der Waals surface area contributed by atoms with Crippen LogP contribution in [0.5, 0.6) is 0 Å². The van der Waals surface area contributed by atoms with Crippen LogP contribution in [-0.2, 0) is 11.2 Å². The van der Waals surface area contributed by atoms with Crippen molar-refractivity contribution in [1.82, 2.24) is 25.5 Å². The summed E-state index contributed by atoms with van der Waals surface area (Å²) in [6, 6.07) is 2.06. The summed E-state index contributed by atoms with van der Waals surface area (Å²) in [4.78, 5) is 21.4. The zero-order valence-corrected chi connectivity index (χ0v) is 15.1. The van der Waals surface area contributed by atoms with E-state index in [0.29, 0.717) is 18.8 Å². The van der Waals surface area contributed by atoms with E-state index < -0.39 is 0 Å². The Balaban J connectivity index is 1.62. The van der Waals surface area contributed by atoms with E-state index in [1.54, 1.807) is 0 Å². The molecule has 2 aromatic rings. The normalized spacial score (nSPS) is 17.5. The molecule has 2 aromatic heterocycles. The monoisotopic (exact) mass is 342 g/mol. The molecule has 3 N–H and O–H groups in total. The van der Waals surface area contributed by atoms with Crippen LogP contribution in [0.25, 0.3) is 0 Å². The molecule has 7 nitrogen and oxygen atoms in total. The van der Waals surface area contributed by atoms with Crippen LogP contribution in [0.15, 0.2) is 6.07 Å². The number of nitrogens with zero attached hydrogens (tertiary/aromatic N) is 3. The SMILES string of the molecule is Cc1nc(CCC(=O)Nc2c(C)n[nH]c2C)cc([C@H]2CCCNC2)n1. The van der Waals surface area contributed by atoms with Gasteiger partial charge in [-0.3, -0.25) is 9.89 Å². The molecule has 3 rings (SSSR count). The molecule has 0 spiro atoms. The number of anilines is 1. The second kappa shape index (κ2) is 7.74. The summed E-state index contributed by atoms with van der Waals surface area (Å²) in [6.45, 7) is 7.74. The Kier molecular flexibility index (Phi) is 5.43. The first kappa shape index (κ1) is 17.5. The van der Waals surface area contributed by atoms with Crippen LogP contribution in [0.4, 0.5) is 5.69 Å². The molecular weight excluding hydrogens is 316 g/mol. The molecule has 0 unspecified atom stereocenters. The maximum atomic E-state index is 12.3. The van der Waals surface area contributed by atoms with Crippen molar-refractivity contribution >= 4 is 11.6 Å². The fourth-order valence-electron chi connectivity index (χ4n) is 3.27. The number of hydrogen-bond acceptors (Lipinski definition) is 5. The summed E-state index contributed by atoms with van der Waals surface area (Å²) in [5, 5.41) is 13.3. The number of aryl methyl sites for hydroxylation is 4. The number of aromatic amines is 1. The minimum Gasteiger partial charge on any atom is -0.323 e. The largest absolute Gasteiger partial charge is 0.323 e. The number of amides is 1. The van der Waals surface area contributed by atoms with E-state index >= 15 is 0 Å². The maximum absolute atomic E-state index is 12.3. The van der Waals surface area contributed by atoms with Crippen LogP contribution in [-0.4, -0.2) is 39.2 Å². The van der Waals surface area contributed by atoms with Crippen molar-refractivity contribution in [3.63, 3.8) is 0 Å². The summed E-state index contributed by atoms with van der Waals surface area (Å²) < 4.78 is 0. The van der Waals surface area contributed by atoms with E-state index in [-0.39, 0.29) is 5.91 Å². The number of hydrogen-bond donors (Lipinski definition) is 3. The lowest BCUT2D eigenvalue weighted by atomic mass is 9.95. The molecule has 134 valence electrons. The van der Waals surface area contributed by atoms with Gasteiger partial charge in [-0.1, -0.05) is 0 Å². The molecule has 25 heavy (non-hydrogen) atoms. The van der Waals surface area contributed by atoms with Gasteiger partial charge in [0, 0.05) is 30.3 Å². The zero-order valence-electron chi connectivity index (χ0n) is 15.1. The molecule has 3 heterocycles. The third kappa shape index (κ3) is 4.42. The fraction of sp³-hybridized carbons (Fsp3) is 0.556. The fourth-order valence-corrected chi connectivity index (χ4v) is 3.27. The number of carbonyl (C=O) groups is 1. The van der Waals surface area contributed by atoms with Gasteiger partial charge in [0.05, 0.1) is 17.1 Å². The Morgan fingerprint density at radius 3 is 2.84 bits per heavy atom. The van der Waals surface area contributed by atoms with Crippen LogP contribution in [0.2, 0.25) is 0 Å². The van der Waals surface area contributed by atoms with E-state index in [0.717, 1.165) is 53.8 Å². The average Bonchev–Trinajstić information content (AvgIpc) is 2.92. The Morgan fingerprint density at radius 2 is 2.16 bits per heavy atom. The summed E-state index contributed by atoms with van der Waals surface area (Å²) >= 11 is 0. The molecule has 0 radical (unpaired) electrons. The Labute approximate surface area is 148 Å². The predicted molar refractivity (Wildman–Crippen MR) is 96.6 cm³/mol. The molecule has 1 fully saturated rings. The number of nitrogens with one attached hydrogen (secondary N) is 3. The van der Waals surface area contributed by atoms with Gasteiger partial charge in [0.2, 0.25) is 5.91 Å². The van der Waals surface area contributed by atoms with Crippen molar-refractivity contribution in [2.75, 3.05) is 18.4 Å². The molecular formula is C18H26N6O. The highest BCUT2D eigenvalue weighted by Gasteiger charge is 2.18. The minimum atomic E-state index is -0.0234. The summed E-state index contributed by atoms with van der Waals surface area (Å²) in [7, 11) is 0. The number of H-pyrrole nitrogens is 1. The Morgan fingerprint density at radius 1 is 1.32 bits per heavy atom. The molecule has 1 aliphatic heterocycles. The van der Waals surface area contributed by atoms with Gasteiger partial charge >= 0.3 is 0 Å². The third-order valence-corrected chi connectivity index (χ3v) is 4.63. The number of aromatic nitrogens is 4. The van der Waals surface area contributed by atoms with Gasteiger partial charge in [0.25, 0.3) is 0 Å². The van der Waals surface area contributed by atoms with Gasteiger partial charge in [-0.15, -0.1) is 0 Å².